The van der Waals surface area contributed by atoms with Crippen molar-refractivity contribution in [1.29, 1.82) is 0 Å². The molecular formula is C28H37ClN2O8. The molecule has 214 valence electrons. The second-order valence-corrected chi connectivity index (χ2v) is 11.2. The van der Waals surface area contributed by atoms with Crippen LogP contribution in [0.3, 0.4) is 0 Å². The first kappa shape index (κ1) is 29.4. The molecule has 0 radical (unpaired) electrons. The van der Waals surface area contributed by atoms with E-state index in [0.29, 0.717) is 17.9 Å². The van der Waals surface area contributed by atoms with Crippen molar-refractivity contribution in [1.82, 2.24) is 5.32 Å². The second-order valence-electron chi connectivity index (χ2n) is 10.8. The molecule has 4 rings (SSSR count). The van der Waals surface area contributed by atoms with Crippen LogP contribution in [0.5, 0.6) is 5.75 Å². The summed E-state index contributed by atoms with van der Waals surface area (Å²) in [6.45, 7) is 5.48. The van der Waals surface area contributed by atoms with E-state index in [1.165, 1.54) is 19.1 Å². The van der Waals surface area contributed by atoms with Gasteiger partial charge >= 0.3 is 6.09 Å². The molecule has 3 heterocycles. The maximum Gasteiger partial charge on any atom is 0.409 e. The highest BCUT2D eigenvalue weighted by atomic mass is 35.5. The highest BCUT2D eigenvalue weighted by Crippen LogP contribution is 2.48. The van der Waals surface area contributed by atoms with Gasteiger partial charge in [-0.25, -0.2) is 4.79 Å². The molecule has 39 heavy (non-hydrogen) atoms. The van der Waals surface area contributed by atoms with Gasteiger partial charge < -0.3 is 34.1 Å². The quantitative estimate of drug-likeness (QED) is 0.467. The van der Waals surface area contributed by atoms with Crippen LogP contribution in [0, 0.1) is 5.92 Å². The number of epoxide rings is 1. The Morgan fingerprint density at radius 1 is 1.26 bits per heavy atom. The van der Waals surface area contributed by atoms with E-state index in [4.69, 9.17) is 30.5 Å². The lowest BCUT2D eigenvalue weighted by Gasteiger charge is -2.42. The molecular weight excluding hydrogens is 528 g/mol. The number of benzene rings is 1. The number of aliphatic hydroxyl groups excluding tert-OH is 1. The molecule has 1 aromatic carbocycles. The number of ether oxygens (including phenoxy) is 4. The van der Waals surface area contributed by atoms with Crippen molar-refractivity contribution in [2.75, 3.05) is 26.2 Å². The summed E-state index contributed by atoms with van der Waals surface area (Å²) in [7, 11) is 4.56. The lowest BCUT2D eigenvalue weighted by Crippen LogP contribution is -2.63. The number of fused-ring (bicyclic) bond motifs is 5. The number of methoxy groups -OCH3 is 2. The molecule has 4 bridgehead atoms. The molecule has 3 N–H and O–H groups in total. The summed E-state index contributed by atoms with van der Waals surface area (Å²) in [4.78, 5) is 27.1. The summed E-state index contributed by atoms with van der Waals surface area (Å²) in [6, 6.07) is 3.63. The number of amides is 2. The number of hydrogen-bond acceptors (Lipinski definition) is 8. The summed E-state index contributed by atoms with van der Waals surface area (Å²) in [5.41, 5.74) is -0.479. The number of rotatable bonds is 2. The van der Waals surface area contributed by atoms with Crippen LogP contribution in [-0.4, -0.2) is 79.2 Å². The minimum Gasteiger partial charge on any atom is -0.495 e. The van der Waals surface area contributed by atoms with Crippen molar-refractivity contribution in [2.24, 2.45) is 5.92 Å². The summed E-state index contributed by atoms with van der Waals surface area (Å²) in [6.07, 6.45) is 1.63. The molecule has 0 aromatic heterocycles. The van der Waals surface area contributed by atoms with Crippen LogP contribution in [0.2, 0.25) is 5.02 Å². The number of allylic oxidation sites excluding steroid dienone is 3. The van der Waals surface area contributed by atoms with Crippen LogP contribution < -0.4 is 15.0 Å². The maximum absolute atomic E-state index is 13.3. The number of carbonyl (C=O) groups is 2. The molecule has 1 aromatic rings. The third-order valence-electron chi connectivity index (χ3n) is 7.98. The Balaban J connectivity index is 1.74. The minimum atomic E-state index is -1.73. The predicted octanol–water partition coefficient (Wildman–Crippen LogP) is 3.12. The van der Waals surface area contributed by atoms with Gasteiger partial charge in [0.15, 0.2) is 5.72 Å². The van der Waals surface area contributed by atoms with Crippen molar-refractivity contribution in [3.63, 3.8) is 0 Å². The lowest BCUT2D eigenvalue weighted by molar-refractivity contribution is -0.142. The first-order valence-electron chi connectivity index (χ1n) is 12.9. The molecule has 3 aliphatic heterocycles. The third kappa shape index (κ3) is 5.81. The Morgan fingerprint density at radius 3 is 2.64 bits per heavy atom. The van der Waals surface area contributed by atoms with E-state index in [1.807, 2.05) is 32.1 Å². The highest BCUT2D eigenvalue weighted by Gasteiger charge is 2.62. The van der Waals surface area contributed by atoms with Gasteiger partial charge in [0.2, 0.25) is 5.91 Å². The summed E-state index contributed by atoms with van der Waals surface area (Å²) >= 11 is 6.58. The maximum atomic E-state index is 13.3. The number of carbonyl (C=O) groups excluding carboxylic acids is 2. The number of hydrogen-bond donors (Lipinski definition) is 3. The molecule has 0 spiro atoms. The van der Waals surface area contributed by atoms with Gasteiger partial charge in [0.25, 0.3) is 0 Å². The second kappa shape index (κ2) is 11.1. The monoisotopic (exact) mass is 564 g/mol. The molecule has 10 nitrogen and oxygen atoms in total. The van der Waals surface area contributed by atoms with E-state index >= 15 is 0 Å². The summed E-state index contributed by atoms with van der Waals surface area (Å²) < 4.78 is 22.4. The van der Waals surface area contributed by atoms with Gasteiger partial charge in [-0.3, -0.25) is 10.1 Å². The van der Waals surface area contributed by atoms with Crippen molar-refractivity contribution >= 4 is 29.3 Å². The van der Waals surface area contributed by atoms with E-state index in [9.17, 15) is 19.8 Å². The SMILES string of the molecule is COc1cc2cc(c1Cl)N(C)C(=O)C[C@H](O)C1(C)O[C@H]1[C@H](C)[C@@H]1C[C@@](O)(NC(=O)O1)C(OC)/C=C/C=C(\C)C2. The Morgan fingerprint density at radius 2 is 1.97 bits per heavy atom. The molecule has 3 aliphatic rings. The zero-order valence-electron chi connectivity index (χ0n) is 23.1. The van der Waals surface area contributed by atoms with Crippen LogP contribution in [0.1, 0.15) is 39.2 Å². The van der Waals surface area contributed by atoms with E-state index in [0.717, 1.165) is 11.1 Å². The average molecular weight is 565 g/mol. The minimum absolute atomic E-state index is 0.0310. The third-order valence-corrected chi connectivity index (χ3v) is 8.36. The van der Waals surface area contributed by atoms with Crippen molar-refractivity contribution < 1.29 is 38.7 Å². The van der Waals surface area contributed by atoms with Crippen molar-refractivity contribution in [2.45, 2.75) is 75.8 Å². The highest BCUT2D eigenvalue weighted by molar-refractivity contribution is 6.35. The fourth-order valence-corrected chi connectivity index (χ4v) is 5.78. The van der Waals surface area contributed by atoms with Crippen LogP contribution in [-0.2, 0) is 25.4 Å². The van der Waals surface area contributed by atoms with Gasteiger partial charge in [0, 0.05) is 26.5 Å². The zero-order valence-corrected chi connectivity index (χ0v) is 23.8. The van der Waals surface area contributed by atoms with Gasteiger partial charge in [-0.15, -0.1) is 0 Å². The Kier molecular flexibility index (Phi) is 8.35. The van der Waals surface area contributed by atoms with Gasteiger partial charge in [0.05, 0.1) is 31.4 Å². The Hall–Kier alpha value is -2.63. The zero-order chi connectivity index (χ0) is 28.7. The normalized spacial score (nSPS) is 37.6. The summed E-state index contributed by atoms with van der Waals surface area (Å²) in [5, 5.41) is 25.3. The fourth-order valence-electron chi connectivity index (χ4n) is 5.46. The number of anilines is 1. The van der Waals surface area contributed by atoms with Gasteiger partial charge in [-0.1, -0.05) is 42.3 Å². The molecule has 11 heteroatoms. The average Bonchev–Trinajstić information content (AvgIpc) is 3.58. The lowest BCUT2D eigenvalue weighted by atomic mass is 9.84. The van der Waals surface area contributed by atoms with Crippen LogP contribution in [0.4, 0.5) is 10.5 Å². The molecule has 2 saturated heterocycles. The standard InChI is InChI=1S/C28H37ClN2O8/c1-15-8-7-9-22(37-6)28(35)14-20(38-26(34)30-28)16(2)25-27(3,39-25)21(32)13-23(33)31(4)18-11-17(10-15)12-19(36-5)24(18)29/h7-9,11-12,16,20-22,25,32,35H,10,13-14H2,1-6H3,(H,30,34)/b9-7+,15-8+/t16-,20+,21+,22?,25+,27?,28+/m1/s1. The van der Waals surface area contributed by atoms with Crippen LogP contribution in [0.25, 0.3) is 0 Å². The summed E-state index contributed by atoms with van der Waals surface area (Å²) in [5.74, 6) is -0.323. The number of alkyl carbamates (subject to hydrolysis) is 1. The van der Waals surface area contributed by atoms with E-state index in [1.54, 1.807) is 26.1 Å². The molecule has 7 atom stereocenters. The number of aliphatic hydroxyl groups is 2. The number of nitrogens with one attached hydrogen (secondary N) is 1. The van der Waals surface area contributed by atoms with Crippen LogP contribution in [0.15, 0.2) is 35.9 Å². The Labute approximate surface area is 233 Å². The van der Waals surface area contributed by atoms with Crippen molar-refractivity contribution in [3.8, 4) is 5.75 Å². The predicted molar refractivity (Wildman–Crippen MR) is 145 cm³/mol. The van der Waals surface area contributed by atoms with Gasteiger partial charge in [-0.05, 0) is 38.0 Å². The molecule has 2 amide bonds. The first-order valence-corrected chi connectivity index (χ1v) is 13.3. The smallest absolute Gasteiger partial charge is 0.409 e. The fraction of sp³-hybridized carbons (Fsp3) is 0.571. The van der Waals surface area contributed by atoms with Crippen LogP contribution >= 0.6 is 11.6 Å². The van der Waals surface area contributed by atoms with Crippen molar-refractivity contribution in [3.05, 3.63) is 46.5 Å². The van der Waals surface area contributed by atoms with E-state index < -0.39 is 47.8 Å². The van der Waals surface area contributed by atoms with E-state index in [2.05, 4.69) is 5.32 Å². The first-order chi connectivity index (χ1) is 18.3. The largest absolute Gasteiger partial charge is 0.495 e. The molecule has 0 saturated carbocycles. The number of nitrogens with zero attached hydrogens (tertiary/aromatic N) is 1. The molecule has 2 fully saturated rings. The Bertz CT molecular complexity index is 1190. The van der Waals surface area contributed by atoms with E-state index in [-0.39, 0.29) is 23.8 Å². The molecule has 0 aliphatic carbocycles. The topological polar surface area (TPSA) is 130 Å². The molecule has 2 unspecified atom stereocenters. The number of halogens is 1. The van der Waals surface area contributed by atoms with Gasteiger partial charge in [-0.2, -0.15) is 0 Å². The van der Waals surface area contributed by atoms with Gasteiger partial charge in [0.1, 0.15) is 28.6 Å².